The first-order valence-corrected chi connectivity index (χ1v) is 10.3. The van der Waals surface area contributed by atoms with E-state index in [-0.39, 0.29) is 23.4 Å². The summed E-state index contributed by atoms with van der Waals surface area (Å²) < 4.78 is 6.43. The van der Waals surface area contributed by atoms with E-state index in [1.54, 1.807) is 5.38 Å². The van der Waals surface area contributed by atoms with Gasteiger partial charge in [-0.3, -0.25) is 14.2 Å². The Morgan fingerprint density at radius 3 is 2.79 bits per heavy atom. The minimum atomic E-state index is -0.541. The summed E-state index contributed by atoms with van der Waals surface area (Å²) in [5.74, 6) is -0.886. The number of anilines is 1. The van der Waals surface area contributed by atoms with Crippen LogP contribution in [0.4, 0.5) is 5.69 Å². The molecule has 1 N–H and O–H groups in total. The van der Waals surface area contributed by atoms with Gasteiger partial charge in [-0.25, -0.2) is 9.78 Å². The lowest BCUT2D eigenvalue weighted by Crippen LogP contribution is -2.28. The van der Waals surface area contributed by atoms with Crippen molar-refractivity contribution < 1.29 is 14.3 Å². The fraction of sp³-hybridized carbons (Fsp3) is 0.333. The molecule has 0 atom stereocenters. The number of hydrogen-bond donors (Lipinski definition) is 1. The number of amides is 1. The molecule has 0 radical (unpaired) electrons. The summed E-state index contributed by atoms with van der Waals surface area (Å²) in [6.45, 7) is 5.99. The molecule has 0 aliphatic heterocycles. The molecule has 152 valence electrons. The lowest BCUT2D eigenvalue weighted by atomic mass is 10.1. The van der Waals surface area contributed by atoms with Gasteiger partial charge in [0.1, 0.15) is 11.4 Å². The van der Waals surface area contributed by atoms with E-state index in [9.17, 15) is 14.4 Å². The number of carbonyl (C=O) groups excluding carboxylic acids is 2. The summed E-state index contributed by atoms with van der Waals surface area (Å²) in [5.41, 5.74) is 2.49. The molecule has 2 aromatic heterocycles. The van der Waals surface area contributed by atoms with Gasteiger partial charge in [-0.1, -0.05) is 31.0 Å². The highest BCUT2D eigenvalue weighted by Gasteiger charge is 2.19. The molecule has 0 spiro atoms. The lowest BCUT2D eigenvalue weighted by Gasteiger charge is -2.10. The van der Waals surface area contributed by atoms with E-state index in [2.05, 4.69) is 10.3 Å². The van der Waals surface area contributed by atoms with Crippen LogP contribution in [0.5, 0.6) is 0 Å². The number of benzene rings is 1. The molecule has 0 saturated carbocycles. The van der Waals surface area contributed by atoms with E-state index >= 15 is 0 Å². The van der Waals surface area contributed by atoms with Gasteiger partial charge >= 0.3 is 5.97 Å². The van der Waals surface area contributed by atoms with Crippen LogP contribution in [0.15, 0.2) is 34.7 Å². The van der Waals surface area contributed by atoms with Gasteiger partial charge in [0.15, 0.2) is 0 Å². The Labute approximate surface area is 172 Å². The van der Waals surface area contributed by atoms with E-state index in [0.717, 1.165) is 24.0 Å². The Hall–Kier alpha value is -3.00. The van der Waals surface area contributed by atoms with Gasteiger partial charge in [0.05, 0.1) is 23.9 Å². The van der Waals surface area contributed by atoms with Gasteiger partial charge in [0, 0.05) is 11.1 Å². The Bertz CT molecular complexity index is 1120. The predicted octanol–water partition coefficient (Wildman–Crippen LogP) is 3.67. The molecule has 8 heteroatoms. The lowest BCUT2D eigenvalue weighted by molar-refractivity contribution is -0.116. The number of nitrogens with zero attached hydrogens (tertiary/aromatic N) is 2. The second-order valence-electron chi connectivity index (χ2n) is 6.86. The number of aryl methyl sites for hydroxylation is 2. The van der Waals surface area contributed by atoms with Gasteiger partial charge in [0.2, 0.25) is 5.91 Å². The maximum atomic E-state index is 12.9. The molecule has 0 bridgehead atoms. The SMILES string of the molecule is CCCCOC(=O)c1csc2ncn(CC(=O)Nc3ccc(C)cc3C)c(=O)c12. The van der Waals surface area contributed by atoms with E-state index in [4.69, 9.17) is 4.74 Å². The number of thiophene rings is 1. The van der Waals surface area contributed by atoms with Crippen molar-refractivity contribution in [2.75, 3.05) is 11.9 Å². The van der Waals surface area contributed by atoms with Crippen molar-refractivity contribution >= 4 is 39.1 Å². The van der Waals surface area contributed by atoms with E-state index in [1.807, 2.05) is 39.0 Å². The molecule has 1 aromatic carbocycles. The highest BCUT2D eigenvalue weighted by atomic mass is 32.1. The molecule has 2 heterocycles. The number of fused-ring (bicyclic) bond motifs is 1. The molecule has 0 aliphatic rings. The van der Waals surface area contributed by atoms with Crippen LogP contribution in [-0.4, -0.2) is 28.0 Å². The smallest absolute Gasteiger partial charge is 0.339 e. The zero-order chi connectivity index (χ0) is 21.0. The van der Waals surface area contributed by atoms with Crippen molar-refractivity contribution in [3.05, 3.63) is 57.0 Å². The van der Waals surface area contributed by atoms with Crippen LogP contribution in [0.1, 0.15) is 41.3 Å². The monoisotopic (exact) mass is 413 g/mol. The molecular weight excluding hydrogens is 390 g/mol. The Balaban J connectivity index is 1.82. The Morgan fingerprint density at radius 2 is 2.07 bits per heavy atom. The van der Waals surface area contributed by atoms with Crippen molar-refractivity contribution in [2.45, 2.75) is 40.2 Å². The molecule has 0 unspecified atom stereocenters. The number of carbonyl (C=O) groups is 2. The average molecular weight is 413 g/mol. The third kappa shape index (κ3) is 4.71. The van der Waals surface area contributed by atoms with Gasteiger partial charge in [0.25, 0.3) is 5.56 Å². The molecule has 1 amide bonds. The summed E-state index contributed by atoms with van der Waals surface area (Å²) in [4.78, 5) is 42.3. The van der Waals surface area contributed by atoms with Gasteiger partial charge < -0.3 is 10.1 Å². The first-order valence-electron chi connectivity index (χ1n) is 9.41. The highest BCUT2D eigenvalue weighted by Crippen LogP contribution is 2.22. The summed E-state index contributed by atoms with van der Waals surface area (Å²) >= 11 is 1.20. The van der Waals surface area contributed by atoms with Crippen LogP contribution in [0.3, 0.4) is 0 Å². The molecule has 29 heavy (non-hydrogen) atoms. The number of unbranched alkanes of at least 4 members (excludes halogenated alkanes) is 1. The van der Waals surface area contributed by atoms with Crippen LogP contribution in [0.25, 0.3) is 10.2 Å². The van der Waals surface area contributed by atoms with Crippen molar-refractivity contribution in [1.29, 1.82) is 0 Å². The third-order valence-electron chi connectivity index (χ3n) is 4.48. The molecule has 3 aromatic rings. The van der Waals surface area contributed by atoms with E-state index in [0.29, 0.717) is 17.1 Å². The zero-order valence-corrected chi connectivity index (χ0v) is 17.5. The number of hydrogen-bond acceptors (Lipinski definition) is 6. The maximum Gasteiger partial charge on any atom is 0.339 e. The van der Waals surface area contributed by atoms with Crippen molar-refractivity contribution in [3.63, 3.8) is 0 Å². The highest BCUT2D eigenvalue weighted by molar-refractivity contribution is 7.17. The van der Waals surface area contributed by atoms with E-state index in [1.165, 1.54) is 22.2 Å². The molecule has 7 nitrogen and oxygen atoms in total. The van der Waals surface area contributed by atoms with Crippen LogP contribution >= 0.6 is 11.3 Å². The van der Waals surface area contributed by atoms with Crippen molar-refractivity contribution in [1.82, 2.24) is 9.55 Å². The Morgan fingerprint density at radius 1 is 1.28 bits per heavy atom. The largest absolute Gasteiger partial charge is 0.462 e. The maximum absolute atomic E-state index is 12.9. The summed E-state index contributed by atoms with van der Waals surface area (Å²) in [5, 5.41) is 4.58. The number of rotatable bonds is 7. The number of nitrogens with one attached hydrogen (secondary N) is 1. The standard InChI is InChI=1S/C21H23N3O4S/c1-4-5-8-28-21(27)15-11-29-19-18(15)20(26)24(12-22-19)10-17(25)23-16-7-6-13(2)9-14(16)3/h6-7,9,11-12H,4-5,8,10H2,1-3H3,(H,23,25). The normalized spacial score (nSPS) is 10.9. The molecule has 0 saturated heterocycles. The van der Waals surface area contributed by atoms with Gasteiger partial charge in [-0.2, -0.15) is 0 Å². The molecule has 3 rings (SSSR count). The minimum absolute atomic E-state index is 0.193. The van der Waals surface area contributed by atoms with E-state index < -0.39 is 11.5 Å². The fourth-order valence-electron chi connectivity index (χ4n) is 2.92. The second kappa shape index (κ2) is 9.00. The minimum Gasteiger partial charge on any atom is -0.462 e. The van der Waals surface area contributed by atoms with Crippen molar-refractivity contribution in [3.8, 4) is 0 Å². The third-order valence-corrected chi connectivity index (χ3v) is 5.37. The fourth-order valence-corrected chi connectivity index (χ4v) is 3.78. The topological polar surface area (TPSA) is 90.3 Å². The average Bonchev–Trinajstić information content (AvgIpc) is 3.11. The molecule has 0 aliphatic carbocycles. The summed E-state index contributed by atoms with van der Waals surface area (Å²) in [6.07, 6.45) is 2.99. The zero-order valence-electron chi connectivity index (χ0n) is 16.7. The first-order chi connectivity index (χ1) is 13.9. The van der Waals surface area contributed by atoms with Crippen molar-refractivity contribution in [2.24, 2.45) is 0 Å². The van der Waals surface area contributed by atoms with Crippen LogP contribution < -0.4 is 10.9 Å². The number of ether oxygens (including phenoxy) is 1. The van der Waals surface area contributed by atoms with Crippen LogP contribution in [-0.2, 0) is 16.1 Å². The van der Waals surface area contributed by atoms with Crippen LogP contribution in [0, 0.1) is 13.8 Å². The summed E-state index contributed by atoms with van der Waals surface area (Å²) in [6, 6.07) is 5.71. The van der Waals surface area contributed by atoms with Gasteiger partial charge in [-0.15, -0.1) is 11.3 Å². The quantitative estimate of drug-likeness (QED) is 0.471. The first kappa shape index (κ1) is 20.7. The number of aromatic nitrogens is 2. The molecule has 0 fully saturated rings. The van der Waals surface area contributed by atoms with Crippen LogP contribution in [0.2, 0.25) is 0 Å². The van der Waals surface area contributed by atoms with Gasteiger partial charge in [-0.05, 0) is 31.9 Å². The number of esters is 1. The summed E-state index contributed by atoms with van der Waals surface area (Å²) in [7, 11) is 0. The Kier molecular flexibility index (Phi) is 6.43. The second-order valence-corrected chi connectivity index (χ2v) is 7.72. The molecular formula is C21H23N3O4S. The predicted molar refractivity (Wildman–Crippen MR) is 114 cm³/mol.